The van der Waals surface area contributed by atoms with Gasteiger partial charge in [0.25, 0.3) is 0 Å². The summed E-state index contributed by atoms with van der Waals surface area (Å²) in [6.07, 6.45) is -4.39. The van der Waals surface area contributed by atoms with E-state index in [-0.39, 0.29) is 17.5 Å². The monoisotopic (exact) mass is 347 g/mol. The Morgan fingerprint density at radius 1 is 1.25 bits per heavy atom. The van der Waals surface area contributed by atoms with E-state index >= 15 is 0 Å². The zero-order valence-corrected chi connectivity index (χ0v) is 14.3. The zero-order chi connectivity index (χ0) is 18.2. The van der Waals surface area contributed by atoms with E-state index in [2.05, 4.69) is 15.6 Å². The fourth-order valence-corrected chi connectivity index (χ4v) is 1.85. The molecule has 0 radical (unpaired) electrons. The summed E-state index contributed by atoms with van der Waals surface area (Å²) in [6, 6.07) is 4.97. The fourth-order valence-electron chi connectivity index (χ4n) is 1.85. The maximum atomic E-state index is 12.2. The molecule has 0 aliphatic rings. The highest BCUT2D eigenvalue weighted by molar-refractivity contribution is 5.80. The third kappa shape index (κ3) is 7.43. The molecule has 1 aromatic rings. The third-order valence-corrected chi connectivity index (χ3v) is 2.81. The number of alkyl halides is 3. The number of benzene rings is 1. The first kappa shape index (κ1) is 19.9. The van der Waals surface area contributed by atoms with Crippen LogP contribution in [-0.2, 0) is 6.54 Å². The van der Waals surface area contributed by atoms with Gasteiger partial charge in [-0.2, -0.15) is 13.2 Å². The maximum Gasteiger partial charge on any atom is 0.422 e. The van der Waals surface area contributed by atoms with Crippen molar-refractivity contribution in [3.05, 3.63) is 23.8 Å². The van der Waals surface area contributed by atoms with Gasteiger partial charge < -0.3 is 20.1 Å². The van der Waals surface area contributed by atoms with Crippen LogP contribution in [0.25, 0.3) is 0 Å². The van der Waals surface area contributed by atoms with E-state index in [9.17, 15) is 13.2 Å². The second-order valence-electron chi connectivity index (χ2n) is 5.38. The van der Waals surface area contributed by atoms with E-state index in [0.717, 1.165) is 12.1 Å². The van der Waals surface area contributed by atoms with E-state index in [0.29, 0.717) is 12.5 Å². The van der Waals surface area contributed by atoms with Gasteiger partial charge in [-0.15, -0.1) is 0 Å². The fraction of sp³-hybridized carbons (Fsp3) is 0.562. The molecule has 0 spiro atoms. The van der Waals surface area contributed by atoms with E-state index in [4.69, 9.17) is 9.47 Å². The molecule has 0 aromatic heterocycles. The Morgan fingerprint density at radius 3 is 2.50 bits per heavy atom. The Kier molecular flexibility index (Phi) is 7.67. The largest absolute Gasteiger partial charge is 0.493 e. The van der Waals surface area contributed by atoms with Crippen LogP contribution in [0.15, 0.2) is 23.2 Å². The molecule has 0 bridgehead atoms. The van der Waals surface area contributed by atoms with Crippen molar-refractivity contribution in [2.75, 3.05) is 20.3 Å². The van der Waals surface area contributed by atoms with E-state index in [1.807, 2.05) is 20.8 Å². The highest BCUT2D eigenvalue weighted by atomic mass is 19.4. The van der Waals surface area contributed by atoms with Gasteiger partial charge in [-0.25, -0.2) is 4.99 Å². The average molecular weight is 347 g/mol. The second kappa shape index (κ2) is 9.24. The summed E-state index contributed by atoms with van der Waals surface area (Å²) in [7, 11) is 1.38. The lowest BCUT2D eigenvalue weighted by Gasteiger charge is -2.15. The van der Waals surface area contributed by atoms with Gasteiger partial charge in [-0.3, -0.25) is 0 Å². The number of nitrogens with one attached hydrogen (secondary N) is 2. The molecule has 136 valence electrons. The Labute approximate surface area is 140 Å². The van der Waals surface area contributed by atoms with Crippen molar-refractivity contribution in [1.29, 1.82) is 0 Å². The summed E-state index contributed by atoms with van der Waals surface area (Å²) in [4.78, 5) is 4.43. The minimum absolute atomic E-state index is 0.0507. The van der Waals surface area contributed by atoms with Crippen LogP contribution >= 0.6 is 0 Å². The van der Waals surface area contributed by atoms with E-state index < -0.39 is 12.8 Å². The number of hydrogen-bond donors (Lipinski definition) is 2. The summed E-state index contributed by atoms with van der Waals surface area (Å²) in [6.45, 7) is 5.70. The molecule has 0 heterocycles. The molecule has 0 unspecified atom stereocenters. The van der Waals surface area contributed by atoms with Crippen molar-refractivity contribution in [3.8, 4) is 11.5 Å². The molecule has 1 rings (SSSR count). The highest BCUT2D eigenvalue weighted by Gasteiger charge is 2.29. The Morgan fingerprint density at radius 2 is 1.96 bits per heavy atom. The molecule has 24 heavy (non-hydrogen) atoms. The molecular weight excluding hydrogens is 323 g/mol. The summed E-state index contributed by atoms with van der Waals surface area (Å²) in [5, 5.41) is 6.30. The molecule has 0 atom stereocenters. The van der Waals surface area contributed by atoms with Gasteiger partial charge in [0.15, 0.2) is 24.1 Å². The minimum Gasteiger partial charge on any atom is -0.493 e. The molecule has 8 heteroatoms. The van der Waals surface area contributed by atoms with Crippen molar-refractivity contribution >= 4 is 5.96 Å². The van der Waals surface area contributed by atoms with Crippen molar-refractivity contribution in [2.24, 2.45) is 4.99 Å². The number of hydrogen-bond acceptors (Lipinski definition) is 3. The Bertz CT molecular complexity index is 546. The lowest BCUT2D eigenvalue weighted by Crippen LogP contribution is -2.40. The predicted octanol–water partition coefficient (Wildman–Crippen LogP) is 3.10. The van der Waals surface area contributed by atoms with Crippen LogP contribution in [0.4, 0.5) is 13.2 Å². The van der Waals surface area contributed by atoms with Crippen LogP contribution in [-0.4, -0.2) is 38.4 Å². The molecule has 0 saturated heterocycles. The molecule has 2 N–H and O–H groups in total. The highest BCUT2D eigenvalue weighted by Crippen LogP contribution is 2.30. The normalized spacial score (nSPS) is 12.2. The molecule has 0 saturated carbocycles. The molecule has 0 amide bonds. The SMILES string of the molecule is CCNC(=NCc1ccc(OCC(F)(F)F)c(OC)c1)NC(C)C. The molecule has 1 aromatic carbocycles. The van der Waals surface area contributed by atoms with Crippen LogP contribution in [0.5, 0.6) is 11.5 Å². The number of rotatable bonds is 7. The number of guanidine groups is 1. The molecule has 0 fully saturated rings. The van der Waals surface area contributed by atoms with Crippen LogP contribution < -0.4 is 20.1 Å². The summed E-state index contributed by atoms with van der Waals surface area (Å²) < 4.78 is 46.6. The summed E-state index contributed by atoms with van der Waals surface area (Å²) in [5.41, 5.74) is 0.798. The van der Waals surface area contributed by atoms with Gasteiger partial charge in [0, 0.05) is 12.6 Å². The first-order valence-electron chi connectivity index (χ1n) is 7.66. The molecular formula is C16H24F3N3O2. The lowest BCUT2D eigenvalue weighted by molar-refractivity contribution is -0.153. The zero-order valence-electron chi connectivity index (χ0n) is 14.3. The quantitative estimate of drug-likeness (QED) is 0.588. The average Bonchev–Trinajstić information content (AvgIpc) is 2.49. The van der Waals surface area contributed by atoms with Crippen LogP contribution in [0, 0.1) is 0 Å². The predicted molar refractivity (Wildman–Crippen MR) is 87.6 cm³/mol. The lowest BCUT2D eigenvalue weighted by atomic mass is 10.2. The standard InChI is InChI=1S/C16H24F3N3O2/c1-5-20-15(22-11(2)3)21-9-12-6-7-13(14(8-12)23-4)24-10-16(17,18)19/h6-8,11H,5,9-10H2,1-4H3,(H2,20,21,22). The van der Waals surface area contributed by atoms with Gasteiger partial charge in [-0.1, -0.05) is 6.07 Å². The van der Waals surface area contributed by atoms with Crippen molar-refractivity contribution < 1.29 is 22.6 Å². The first-order valence-corrected chi connectivity index (χ1v) is 7.66. The minimum atomic E-state index is -4.39. The van der Waals surface area contributed by atoms with E-state index in [1.165, 1.54) is 13.2 Å². The van der Waals surface area contributed by atoms with Gasteiger partial charge >= 0.3 is 6.18 Å². The van der Waals surface area contributed by atoms with Crippen molar-refractivity contribution in [3.63, 3.8) is 0 Å². The number of halogens is 3. The number of methoxy groups -OCH3 is 1. The molecule has 0 aliphatic heterocycles. The smallest absolute Gasteiger partial charge is 0.422 e. The third-order valence-electron chi connectivity index (χ3n) is 2.81. The number of aliphatic imine (C=N–C) groups is 1. The Balaban J connectivity index is 2.82. The van der Waals surface area contributed by atoms with Gasteiger partial charge in [0.2, 0.25) is 0 Å². The van der Waals surface area contributed by atoms with Crippen molar-refractivity contribution in [1.82, 2.24) is 10.6 Å². The van der Waals surface area contributed by atoms with Crippen molar-refractivity contribution in [2.45, 2.75) is 39.5 Å². The molecule has 5 nitrogen and oxygen atoms in total. The first-order chi connectivity index (χ1) is 11.2. The van der Waals surface area contributed by atoms with Gasteiger partial charge in [0.05, 0.1) is 13.7 Å². The summed E-state index contributed by atoms with van der Waals surface area (Å²) in [5.74, 6) is 0.965. The second-order valence-corrected chi connectivity index (χ2v) is 5.38. The van der Waals surface area contributed by atoms with Crippen LogP contribution in [0.1, 0.15) is 26.3 Å². The summed E-state index contributed by atoms with van der Waals surface area (Å²) >= 11 is 0. The van der Waals surface area contributed by atoms with Crippen LogP contribution in [0.2, 0.25) is 0 Å². The maximum absolute atomic E-state index is 12.2. The number of ether oxygens (including phenoxy) is 2. The van der Waals surface area contributed by atoms with Gasteiger partial charge in [-0.05, 0) is 38.5 Å². The Hall–Kier alpha value is -2.12. The van der Waals surface area contributed by atoms with Crippen LogP contribution in [0.3, 0.4) is 0 Å². The number of nitrogens with zero attached hydrogens (tertiary/aromatic N) is 1. The van der Waals surface area contributed by atoms with Gasteiger partial charge in [0.1, 0.15) is 0 Å². The molecule has 0 aliphatic carbocycles. The van der Waals surface area contributed by atoms with E-state index in [1.54, 1.807) is 12.1 Å². The topological polar surface area (TPSA) is 54.9 Å².